The lowest BCUT2D eigenvalue weighted by atomic mass is 10.1. The summed E-state index contributed by atoms with van der Waals surface area (Å²) in [6.07, 6.45) is 2.44. The molecule has 0 saturated carbocycles. The van der Waals surface area contributed by atoms with Crippen molar-refractivity contribution in [3.05, 3.63) is 30.6 Å². The molecule has 2 aromatic rings. The van der Waals surface area contributed by atoms with Crippen LogP contribution < -0.4 is 5.32 Å². The highest BCUT2D eigenvalue weighted by Gasteiger charge is 2.27. The third-order valence-corrected chi connectivity index (χ3v) is 4.29. The Balaban J connectivity index is 1.42. The second-order valence-electron chi connectivity index (χ2n) is 7.83. The van der Waals surface area contributed by atoms with Crippen molar-refractivity contribution < 1.29 is 19.1 Å². The van der Waals surface area contributed by atoms with Gasteiger partial charge in [0.15, 0.2) is 0 Å². The number of nitrogens with one attached hydrogen (secondary N) is 1. The molecule has 0 aliphatic carbocycles. The predicted octanol–water partition coefficient (Wildman–Crippen LogP) is 2.02. The quantitative estimate of drug-likeness (QED) is 0.814. The van der Waals surface area contributed by atoms with Crippen LogP contribution in [0.3, 0.4) is 0 Å². The van der Waals surface area contributed by atoms with E-state index in [1.54, 1.807) is 23.1 Å². The molecule has 29 heavy (non-hydrogen) atoms. The number of carbonyl (C=O) groups excluding carboxylic acids is 2. The summed E-state index contributed by atoms with van der Waals surface area (Å²) in [6.45, 7) is 6.59. The van der Waals surface area contributed by atoms with Crippen LogP contribution in [0.5, 0.6) is 0 Å². The summed E-state index contributed by atoms with van der Waals surface area (Å²) in [6, 6.07) is 7.19. The highest BCUT2D eigenvalue weighted by atomic mass is 16.6. The Morgan fingerprint density at radius 3 is 2.66 bits per heavy atom. The standard InChI is InChI=1S/C19H26N6O4/c1-19(2,3)29-18(27)24-9-7-16(8-10-24)28-12-17(26)21-14-5-4-6-15(11-14)25-13-20-22-23-25/h4-6,11,13,16H,7-10,12H2,1-3H3,(H,21,26). The number of ether oxygens (including phenoxy) is 2. The fraction of sp³-hybridized carbons (Fsp3) is 0.526. The molecule has 1 aliphatic rings. The van der Waals surface area contributed by atoms with E-state index >= 15 is 0 Å². The average molecular weight is 402 g/mol. The fourth-order valence-electron chi connectivity index (χ4n) is 2.93. The van der Waals surface area contributed by atoms with Crippen LogP contribution in [0.25, 0.3) is 5.69 Å². The molecule has 3 rings (SSSR count). The number of hydrogen-bond acceptors (Lipinski definition) is 7. The van der Waals surface area contributed by atoms with E-state index in [0.29, 0.717) is 31.6 Å². The molecule has 1 saturated heterocycles. The van der Waals surface area contributed by atoms with Gasteiger partial charge in [0, 0.05) is 18.8 Å². The molecule has 0 spiro atoms. The van der Waals surface area contributed by atoms with Crippen LogP contribution in [0.15, 0.2) is 30.6 Å². The maximum atomic E-state index is 12.2. The molecule has 0 radical (unpaired) electrons. The molecule has 1 aromatic carbocycles. The maximum absolute atomic E-state index is 12.2. The molecule has 1 N–H and O–H groups in total. The smallest absolute Gasteiger partial charge is 0.410 e. The average Bonchev–Trinajstić information content (AvgIpc) is 3.20. The van der Waals surface area contributed by atoms with E-state index in [2.05, 4.69) is 20.8 Å². The first-order valence-corrected chi connectivity index (χ1v) is 9.53. The number of rotatable bonds is 5. The predicted molar refractivity (Wildman–Crippen MR) is 105 cm³/mol. The van der Waals surface area contributed by atoms with E-state index in [9.17, 15) is 9.59 Å². The summed E-state index contributed by atoms with van der Waals surface area (Å²) >= 11 is 0. The third kappa shape index (κ3) is 6.24. The molecule has 10 heteroatoms. The van der Waals surface area contributed by atoms with Gasteiger partial charge in [-0.2, -0.15) is 0 Å². The fourth-order valence-corrected chi connectivity index (χ4v) is 2.93. The molecule has 2 heterocycles. The number of nitrogens with zero attached hydrogens (tertiary/aromatic N) is 5. The van der Waals surface area contributed by atoms with E-state index in [-0.39, 0.29) is 24.7 Å². The van der Waals surface area contributed by atoms with Crippen molar-refractivity contribution in [2.24, 2.45) is 0 Å². The van der Waals surface area contributed by atoms with Crippen molar-refractivity contribution in [3.63, 3.8) is 0 Å². The number of aromatic nitrogens is 4. The van der Waals surface area contributed by atoms with Crippen molar-refractivity contribution in [1.82, 2.24) is 25.1 Å². The van der Waals surface area contributed by atoms with Gasteiger partial charge in [0.1, 0.15) is 18.5 Å². The van der Waals surface area contributed by atoms with Gasteiger partial charge in [0.25, 0.3) is 0 Å². The number of amides is 2. The summed E-state index contributed by atoms with van der Waals surface area (Å²) in [5.41, 5.74) is 0.860. The minimum atomic E-state index is -0.510. The van der Waals surface area contributed by atoms with E-state index in [1.807, 2.05) is 26.8 Å². The van der Waals surface area contributed by atoms with Crippen LogP contribution in [-0.2, 0) is 14.3 Å². The van der Waals surface area contributed by atoms with Crippen LogP contribution in [0.1, 0.15) is 33.6 Å². The Labute approximate surface area is 169 Å². The summed E-state index contributed by atoms with van der Waals surface area (Å²) in [4.78, 5) is 26.0. The number of hydrogen-bond donors (Lipinski definition) is 1. The first-order chi connectivity index (χ1) is 13.8. The minimum absolute atomic E-state index is 0.0494. The molecule has 156 valence electrons. The van der Waals surface area contributed by atoms with Crippen molar-refractivity contribution >= 4 is 17.7 Å². The maximum Gasteiger partial charge on any atom is 0.410 e. The SMILES string of the molecule is CC(C)(C)OC(=O)N1CCC(OCC(=O)Nc2cccc(-n3cnnn3)c2)CC1. The third-order valence-electron chi connectivity index (χ3n) is 4.29. The lowest BCUT2D eigenvalue weighted by Crippen LogP contribution is -2.43. The zero-order chi connectivity index (χ0) is 20.9. The summed E-state index contributed by atoms with van der Waals surface area (Å²) in [5, 5.41) is 13.8. The second kappa shape index (κ2) is 8.99. The van der Waals surface area contributed by atoms with Gasteiger partial charge in [-0.05, 0) is 62.2 Å². The lowest BCUT2D eigenvalue weighted by molar-refractivity contribution is -0.123. The minimum Gasteiger partial charge on any atom is -0.444 e. The van der Waals surface area contributed by atoms with E-state index in [1.165, 1.54) is 11.0 Å². The Bertz CT molecular complexity index is 825. The normalized spacial score (nSPS) is 15.2. The molecule has 0 bridgehead atoms. The summed E-state index contributed by atoms with van der Waals surface area (Å²) < 4.78 is 12.6. The Hall–Kier alpha value is -3.01. The van der Waals surface area contributed by atoms with Gasteiger partial charge in [-0.25, -0.2) is 9.48 Å². The van der Waals surface area contributed by atoms with E-state index in [0.717, 1.165) is 5.69 Å². The second-order valence-corrected chi connectivity index (χ2v) is 7.83. The molecule has 1 fully saturated rings. The number of piperidine rings is 1. The van der Waals surface area contributed by atoms with Gasteiger partial charge in [-0.3, -0.25) is 4.79 Å². The molecule has 0 atom stereocenters. The van der Waals surface area contributed by atoms with Crippen LogP contribution in [0, 0.1) is 0 Å². The van der Waals surface area contributed by atoms with Crippen LogP contribution in [0.4, 0.5) is 10.5 Å². The largest absolute Gasteiger partial charge is 0.444 e. The summed E-state index contributed by atoms with van der Waals surface area (Å²) in [7, 11) is 0. The Kier molecular flexibility index (Phi) is 6.42. The van der Waals surface area contributed by atoms with Gasteiger partial charge in [0.05, 0.1) is 11.8 Å². The molecule has 1 aliphatic heterocycles. The highest BCUT2D eigenvalue weighted by Crippen LogP contribution is 2.18. The zero-order valence-corrected chi connectivity index (χ0v) is 16.9. The summed E-state index contributed by atoms with van der Waals surface area (Å²) in [5.74, 6) is -0.242. The zero-order valence-electron chi connectivity index (χ0n) is 16.9. The number of likely N-dealkylation sites (tertiary alicyclic amines) is 1. The number of benzene rings is 1. The van der Waals surface area contributed by atoms with Crippen molar-refractivity contribution in [1.29, 1.82) is 0 Å². The van der Waals surface area contributed by atoms with Crippen molar-refractivity contribution in [3.8, 4) is 5.69 Å². The molecule has 2 amide bonds. The topological polar surface area (TPSA) is 111 Å². The Morgan fingerprint density at radius 1 is 1.24 bits per heavy atom. The lowest BCUT2D eigenvalue weighted by Gasteiger charge is -2.33. The van der Waals surface area contributed by atoms with Crippen LogP contribution in [-0.4, -0.2) is 68.5 Å². The van der Waals surface area contributed by atoms with Gasteiger partial charge < -0.3 is 19.7 Å². The van der Waals surface area contributed by atoms with Gasteiger partial charge >= 0.3 is 6.09 Å². The van der Waals surface area contributed by atoms with Crippen molar-refractivity contribution in [2.75, 3.05) is 25.0 Å². The van der Waals surface area contributed by atoms with E-state index in [4.69, 9.17) is 9.47 Å². The van der Waals surface area contributed by atoms with E-state index < -0.39 is 5.60 Å². The number of anilines is 1. The molecular formula is C19H26N6O4. The first-order valence-electron chi connectivity index (χ1n) is 9.53. The first kappa shape index (κ1) is 20.7. The van der Waals surface area contributed by atoms with Gasteiger partial charge in [-0.1, -0.05) is 6.07 Å². The molecule has 1 aromatic heterocycles. The molecular weight excluding hydrogens is 376 g/mol. The molecule has 0 unspecified atom stereocenters. The van der Waals surface area contributed by atoms with Crippen molar-refractivity contribution in [2.45, 2.75) is 45.3 Å². The number of tetrazole rings is 1. The monoisotopic (exact) mass is 402 g/mol. The Morgan fingerprint density at radius 2 is 2.00 bits per heavy atom. The number of carbonyl (C=O) groups is 2. The van der Waals surface area contributed by atoms with Crippen LogP contribution >= 0.6 is 0 Å². The molecule has 10 nitrogen and oxygen atoms in total. The van der Waals surface area contributed by atoms with Crippen LogP contribution in [0.2, 0.25) is 0 Å². The van der Waals surface area contributed by atoms with Gasteiger partial charge in [-0.15, -0.1) is 5.10 Å². The van der Waals surface area contributed by atoms with Gasteiger partial charge in [0.2, 0.25) is 5.91 Å². The highest BCUT2D eigenvalue weighted by molar-refractivity contribution is 5.91.